The zero-order valence-electron chi connectivity index (χ0n) is 24.8. The van der Waals surface area contributed by atoms with Gasteiger partial charge in [-0.05, 0) is 74.8 Å². The SMILES string of the molecule is C[C@@H](NC(=O)[C@H](CCCCNC(=O)OC(C)(C)C)NC(=O)OCC1c2ccccc2-c2ccccc21)c1ccccc1. The van der Waals surface area contributed by atoms with Gasteiger partial charge in [0, 0.05) is 12.5 Å². The molecule has 222 valence electrons. The van der Waals surface area contributed by atoms with Crippen LogP contribution < -0.4 is 16.0 Å². The van der Waals surface area contributed by atoms with E-state index in [9.17, 15) is 14.4 Å². The van der Waals surface area contributed by atoms with Gasteiger partial charge in [-0.2, -0.15) is 0 Å². The Morgan fingerprint density at radius 2 is 1.38 bits per heavy atom. The van der Waals surface area contributed by atoms with Crippen LogP contribution in [-0.4, -0.2) is 42.9 Å². The Bertz CT molecular complexity index is 1320. The fourth-order valence-electron chi connectivity index (χ4n) is 5.17. The van der Waals surface area contributed by atoms with Crippen molar-refractivity contribution in [3.63, 3.8) is 0 Å². The molecule has 1 aliphatic rings. The minimum Gasteiger partial charge on any atom is -0.449 e. The molecule has 0 aromatic heterocycles. The van der Waals surface area contributed by atoms with Crippen molar-refractivity contribution >= 4 is 18.1 Å². The van der Waals surface area contributed by atoms with Gasteiger partial charge in [0.05, 0.1) is 6.04 Å². The number of hydrogen-bond donors (Lipinski definition) is 3. The first-order chi connectivity index (χ1) is 20.1. The van der Waals surface area contributed by atoms with Crippen molar-refractivity contribution in [3.05, 3.63) is 95.6 Å². The van der Waals surface area contributed by atoms with E-state index in [-0.39, 0.29) is 24.5 Å². The summed E-state index contributed by atoms with van der Waals surface area (Å²) in [5.41, 5.74) is 4.93. The monoisotopic (exact) mass is 571 g/mol. The van der Waals surface area contributed by atoms with Crippen molar-refractivity contribution in [2.24, 2.45) is 0 Å². The molecule has 0 fully saturated rings. The lowest BCUT2D eigenvalue weighted by atomic mass is 9.98. The number of benzene rings is 3. The second kappa shape index (κ2) is 14.0. The van der Waals surface area contributed by atoms with Gasteiger partial charge in [0.25, 0.3) is 0 Å². The number of amides is 3. The van der Waals surface area contributed by atoms with E-state index in [1.54, 1.807) is 20.8 Å². The van der Waals surface area contributed by atoms with Crippen LogP contribution in [0.15, 0.2) is 78.9 Å². The van der Waals surface area contributed by atoms with E-state index in [1.165, 1.54) is 0 Å². The molecule has 2 atom stereocenters. The first-order valence-corrected chi connectivity index (χ1v) is 14.6. The van der Waals surface area contributed by atoms with E-state index in [2.05, 4.69) is 40.2 Å². The van der Waals surface area contributed by atoms with Gasteiger partial charge in [-0.1, -0.05) is 78.9 Å². The van der Waals surface area contributed by atoms with E-state index in [0.29, 0.717) is 25.8 Å². The summed E-state index contributed by atoms with van der Waals surface area (Å²) in [4.78, 5) is 38.3. The Hall–Kier alpha value is -4.33. The summed E-state index contributed by atoms with van der Waals surface area (Å²) < 4.78 is 11.0. The third-order valence-corrected chi connectivity index (χ3v) is 7.20. The van der Waals surface area contributed by atoms with E-state index in [0.717, 1.165) is 27.8 Å². The smallest absolute Gasteiger partial charge is 0.407 e. The van der Waals surface area contributed by atoms with Gasteiger partial charge in [0.15, 0.2) is 0 Å². The fraction of sp³-hybridized carbons (Fsp3) is 0.382. The molecule has 0 radical (unpaired) electrons. The number of fused-ring (bicyclic) bond motifs is 3. The number of hydrogen-bond acceptors (Lipinski definition) is 5. The molecule has 4 rings (SSSR count). The number of carbonyl (C=O) groups is 3. The first kappa shape index (κ1) is 30.6. The molecule has 0 saturated carbocycles. The maximum absolute atomic E-state index is 13.3. The number of alkyl carbamates (subject to hydrolysis) is 2. The number of nitrogens with one attached hydrogen (secondary N) is 3. The molecule has 8 heteroatoms. The lowest BCUT2D eigenvalue weighted by molar-refractivity contribution is -0.123. The molecule has 42 heavy (non-hydrogen) atoms. The number of carbonyl (C=O) groups excluding carboxylic acids is 3. The van der Waals surface area contributed by atoms with Crippen LogP contribution >= 0.6 is 0 Å². The van der Waals surface area contributed by atoms with Gasteiger partial charge in [-0.3, -0.25) is 4.79 Å². The van der Waals surface area contributed by atoms with Crippen LogP contribution in [0.25, 0.3) is 11.1 Å². The third kappa shape index (κ3) is 8.35. The van der Waals surface area contributed by atoms with Crippen molar-refractivity contribution in [2.45, 2.75) is 70.6 Å². The second-order valence-corrected chi connectivity index (χ2v) is 11.6. The normalized spacial score (nSPS) is 13.7. The Kier molecular flexibility index (Phi) is 10.2. The van der Waals surface area contributed by atoms with E-state index in [4.69, 9.17) is 9.47 Å². The Morgan fingerprint density at radius 3 is 2.00 bits per heavy atom. The van der Waals surface area contributed by atoms with Gasteiger partial charge in [0.2, 0.25) is 5.91 Å². The van der Waals surface area contributed by atoms with E-state index in [1.807, 2.05) is 61.5 Å². The molecule has 0 spiro atoms. The summed E-state index contributed by atoms with van der Waals surface area (Å²) in [7, 11) is 0. The Labute approximate surface area is 248 Å². The largest absolute Gasteiger partial charge is 0.449 e. The highest BCUT2D eigenvalue weighted by Crippen LogP contribution is 2.44. The van der Waals surface area contributed by atoms with Gasteiger partial charge < -0.3 is 25.4 Å². The van der Waals surface area contributed by atoms with E-state index >= 15 is 0 Å². The average molecular weight is 572 g/mol. The maximum Gasteiger partial charge on any atom is 0.407 e. The highest BCUT2D eigenvalue weighted by Gasteiger charge is 2.30. The number of rotatable bonds is 11. The van der Waals surface area contributed by atoms with E-state index < -0.39 is 23.8 Å². The fourth-order valence-corrected chi connectivity index (χ4v) is 5.17. The summed E-state index contributed by atoms with van der Waals surface area (Å²) in [6, 6.07) is 24.9. The molecule has 8 nitrogen and oxygen atoms in total. The highest BCUT2D eigenvalue weighted by atomic mass is 16.6. The molecule has 3 aromatic rings. The quantitative estimate of drug-likeness (QED) is 0.229. The summed E-state index contributed by atoms with van der Waals surface area (Å²) >= 11 is 0. The third-order valence-electron chi connectivity index (χ3n) is 7.20. The molecule has 3 N–H and O–H groups in total. The molecular weight excluding hydrogens is 530 g/mol. The Morgan fingerprint density at radius 1 is 0.786 bits per heavy atom. The molecule has 3 aromatic carbocycles. The molecule has 0 aliphatic heterocycles. The van der Waals surface area contributed by atoms with Crippen molar-refractivity contribution in [2.75, 3.05) is 13.2 Å². The van der Waals surface area contributed by atoms with Crippen LogP contribution in [0.4, 0.5) is 9.59 Å². The van der Waals surface area contributed by atoms with Crippen LogP contribution in [0.1, 0.15) is 75.6 Å². The first-order valence-electron chi connectivity index (χ1n) is 14.6. The predicted octanol–water partition coefficient (Wildman–Crippen LogP) is 6.47. The van der Waals surface area contributed by atoms with Crippen LogP contribution in [0.2, 0.25) is 0 Å². The Balaban J connectivity index is 1.35. The van der Waals surface area contributed by atoms with Crippen molar-refractivity contribution < 1.29 is 23.9 Å². The van der Waals surface area contributed by atoms with Crippen molar-refractivity contribution in [3.8, 4) is 11.1 Å². The zero-order chi connectivity index (χ0) is 30.1. The van der Waals surface area contributed by atoms with Crippen molar-refractivity contribution in [1.29, 1.82) is 0 Å². The second-order valence-electron chi connectivity index (χ2n) is 11.6. The molecule has 3 amide bonds. The van der Waals surface area contributed by atoms with Gasteiger partial charge in [-0.25, -0.2) is 9.59 Å². The van der Waals surface area contributed by atoms with Crippen LogP contribution in [-0.2, 0) is 14.3 Å². The summed E-state index contributed by atoms with van der Waals surface area (Å²) in [5.74, 6) is -0.368. The van der Waals surface area contributed by atoms with Crippen LogP contribution in [0.3, 0.4) is 0 Å². The summed E-state index contributed by atoms with van der Waals surface area (Å²) in [6.45, 7) is 7.88. The predicted molar refractivity (Wildman–Crippen MR) is 163 cm³/mol. The molecule has 0 unspecified atom stereocenters. The number of ether oxygens (including phenoxy) is 2. The number of unbranched alkanes of at least 4 members (excludes halogenated alkanes) is 1. The lowest BCUT2D eigenvalue weighted by Crippen LogP contribution is -2.47. The molecule has 1 aliphatic carbocycles. The lowest BCUT2D eigenvalue weighted by Gasteiger charge is -2.22. The molecule has 0 bridgehead atoms. The van der Waals surface area contributed by atoms with Gasteiger partial charge >= 0.3 is 12.2 Å². The summed E-state index contributed by atoms with van der Waals surface area (Å²) in [6.07, 6.45) is 0.468. The maximum atomic E-state index is 13.3. The van der Waals surface area contributed by atoms with Gasteiger partial charge in [0.1, 0.15) is 18.2 Å². The zero-order valence-corrected chi connectivity index (χ0v) is 24.8. The molecule has 0 heterocycles. The van der Waals surface area contributed by atoms with Crippen molar-refractivity contribution in [1.82, 2.24) is 16.0 Å². The average Bonchev–Trinajstić information content (AvgIpc) is 3.28. The summed E-state index contributed by atoms with van der Waals surface area (Å²) in [5, 5.41) is 8.53. The molecule has 0 saturated heterocycles. The minimum atomic E-state index is -0.798. The molecular formula is C34H41N3O5. The van der Waals surface area contributed by atoms with Crippen LogP contribution in [0.5, 0.6) is 0 Å². The van der Waals surface area contributed by atoms with Gasteiger partial charge in [-0.15, -0.1) is 0 Å². The van der Waals surface area contributed by atoms with Crippen LogP contribution in [0, 0.1) is 0 Å². The minimum absolute atomic E-state index is 0.0764. The standard InChI is InChI=1S/C34H41N3O5/c1-23(24-14-6-5-7-15-24)36-31(38)30(20-12-13-21-35-32(39)42-34(2,3)4)37-33(40)41-22-29-27-18-10-8-16-25(27)26-17-9-11-19-28(26)29/h5-11,14-19,23,29-30H,12-13,20-22H2,1-4H3,(H,35,39)(H,36,38)(H,37,40)/t23-,30+/m1/s1. The topological polar surface area (TPSA) is 106 Å². The highest BCUT2D eigenvalue weighted by molar-refractivity contribution is 5.86.